The molecule has 2 heterocycles. The Morgan fingerprint density at radius 1 is 1.50 bits per heavy atom. The number of hydrogen-bond donors (Lipinski definition) is 1. The van der Waals surface area contributed by atoms with Crippen molar-refractivity contribution in [2.75, 3.05) is 19.6 Å². The minimum atomic E-state index is 0.495. The van der Waals surface area contributed by atoms with E-state index < -0.39 is 0 Å². The van der Waals surface area contributed by atoms with Gasteiger partial charge in [0, 0.05) is 19.1 Å². The topological polar surface area (TPSA) is 28.4 Å². The SMILES string of the molecule is CCC1(CN(Cc2ccco2)C2CC2)CCNC1. The van der Waals surface area contributed by atoms with Crippen LogP contribution < -0.4 is 5.32 Å². The Hall–Kier alpha value is -0.800. The molecule has 0 aromatic carbocycles. The van der Waals surface area contributed by atoms with Gasteiger partial charge < -0.3 is 9.73 Å². The van der Waals surface area contributed by atoms with Crippen LogP contribution in [0.4, 0.5) is 0 Å². The van der Waals surface area contributed by atoms with Crippen molar-refractivity contribution in [2.45, 2.75) is 45.2 Å². The maximum Gasteiger partial charge on any atom is 0.117 e. The quantitative estimate of drug-likeness (QED) is 0.839. The smallest absolute Gasteiger partial charge is 0.117 e. The first-order chi connectivity index (χ1) is 8.81. The summed E-state index contributed by atoms with van der Waals surface area (Å²) in [6, 6.07) is 4.90. The van der Waals surface area contributed by atoms with Crippen LogP contribution in [0.3, 0.4) is 0 Å². The first kappa shape index (κ1) is 12.2. The molecular weight excluding hydrogens is 224 g/mol. The number of furan rings is 1. The van der Waals surface area contributed by atoms with Crippen LogP contribution >= 0.6 is 0 Å². The van der Waals surface area contributed by atoms with E-state index in [2.05, 4.69) is 23.2 Å². The largest absolute Gasteiger partial charge is 0.468 e. The van der Waals surface area contributed by atoms with Crippen molar-refractivity contribution in [3.8, 4) is 0 Å². The van der Waals surface area contributed by atoms with Crippen LogP contribution in [0.2, 0.25) is 0 Å². The molecule has 1 saturated carbocycles. The third-order valence-corrected chi connectivity index (χ3v) is 4.62. The summed E-state index contributed by atoms with van der Waals surface area (Å²) in [4.78, 5) is 2.65. The van der Waals surface area contributed by atoms with Crippen molar-refractivity contribution < 1.29 is 4.42 Å². The Labute approximate surface area is 110 Å². The van der Waals surface area contributed by atoms with Crippen molar-refractivity contribution >= 4 is 0 Å². The van der Waals surface area contributed by atoms with Crippen LogP contribution in [0.25, 0.3) is 0 Å². The number of hydrogen-bond acceptors (Lipinski definition) is 3. The van der Waals surface area contributed by atoms with Crippen molar-refractivity contribution in [3.63, 3.8) is 0 Å². The summed E-state index contributed by atoms with van der Waals surface area (Å²) in [5.74, 6) is 1.11. The lowest BCUT2D eigenvalue weighted by atomic mass is 9.83. The zero-order valence-corrected chi connectivity index (χ0v) is 11.3. The van der Waals surface area contributed by atoms with E-state index in [1.54, 1.807) is 6.26 Å². The normalized spacial score (nSPS) is 28.1. The van der Waals surface area contributed by atoms with Gasteiger partial charge in [-0.25, -0.2) is 0 Å². The van der Waals surface area contributed by atoms with Gasteiger partial charge >= 0.3 is 0 Å². The second-order valence-electron chi connectivity index (χ2n) is 6.00. The predicted molar refractivity (Wildman–Crippen MR) is 72.4 cm³/mol. The lowest BCUT2D eigenvalue weighted by molar-refractivity contribution is 0.136. The van der Waals surface area contributed by atoms with Gasteiger partial charge in [-0.05, 0) is 49.8 Å². The van der Waals surface area contributed by atoms with E-state index in [0.29, 0.717) is 5.41 Å². The molecule has 100 valence electrons. The maximum atomic E-state index is 5.52. The van der Waals surface area contributed by atoms with E-state index in [0.717, 1.165) is 18.3 Å². The molecule has 1 unspecified atom stereocenters. The van der Waals surface area contributed by atoms with Gasteiger partial charge in [-0.2, -0.15) is 0 Å². The summed E-state index contributed by atoms with van der Waals surface area (Å²) in [5, 5.41) is 3.54. The Morgan fingerprint density at radius 3 is 2.94 bits per heavy atom. The average Bonchev–Trinajstić information content (AvgIpc) is 2.92. The first-order valence-corrected chi connectivity index (χ1v) is 7.28. The summed E-state index contributed by atoms with van der Waals surface area (Å²) in [6.45, 7) is 6.92. The fourth-order valence-corrected chi connectivity index (χ4v) is 3.13. The Balaban J connectivity index is 1.66. The second kappa shape index (κ2) is 5.06. The summed E-state index contributed by atoms with van der Waals surface area (Å²) in [7, 11) is 0. The van der Waals surface area contributed by atoms with Crippen LogP contribution in [-0.2, 0) is 6.54 Å². The molecule has 1 saturated heterocycles. The summed E-state index contributed by atoms with van der Waals surface area (Å²) >= 11 is 0. The molecule has 3 rings (SSSR count). The van der Waals surface area contributed by atoms with Crippen LogP contribution in [0.1, 0.15) is 38.4 Å². The molecular formula is C15H24N2O. The molecule has 1 aromatic rings. The fraction of sp³-hybridized carbons (Fsp3) is 0.733. The first-order valence-electron chi connectivity index (χ1n) is 7.28. The molecule has 3 nitrogen and oxygen atoms in total. The van der Waals surface area contributed by atoms with E-state index in [1.165, 1.54) is 45.3 Å². The molecule has 1 N–H and O–H groups in total. The Kier molecular flexibility index (Phi) is 3.44. The van der Waals surface area contributed by atoms with E-state index in [4.69, 9.17) is 4.42 Å². The predicted octanol–water partition coefficient (Wildman–Crippen LogP) is 2.63. The summed E-state index contributed by atoms with van der Waals surface area (Å²) < 4.78 is 5.52. The molecule has 1 atom stereocenters. The molecule has 3 heteroatoms. The zero-order valence-electron chi connectivity index (χ0n) is 11.3. The summed E-state index contributed by atoms with van der Waals surface area (Å²) in [6.07, 6.45) is 7.13. The monoisotopic (exact) mass is 248 g/mol. The molecule has 2 fully saturated rings. The third-order valence-electron chi connectivity index (χ3n) is 4.62. The third kappa shape index (κ3) is 2.62. The van der Waals surface area contributed by atoms with E-state index in [1.807, 2.05) is 6.07 Å². The standard InChI is InChI=1S/C15H24N2O/c1-2-15(7-8-16-11-15)12-17(13-5-6-13)10-14-4-3-9-18-14/h3-4,9,13,16H,2,5-8,10-12H2,1H3. The highest BCUT2D eigenvalue weighted by atomic mass is 16.3. The number of nitrogens with one attached hydrogen (secondary N) is 1. The van der Waals surface area contributed by atoms with Crippen LogP contribution in [0.15, 0.2) is 22.8 Å². The van der Waals surface area contributed by atoms with Gasteiger partial charge in [0.1, 0.15) is 5.76 Å². The van der Waals surface area contributed by atoms with Gasteiger partial charge in [-0.3, -0.25) is 4.90 Å². The molecule has 0 spiro atoms. The maximum absolute atomic E-state index is 5.52. The second-order valence-corrected chi connectivity index (χ2v) is 6.00. The van der Waals surface area contributed by atoms with Crippen LogP contribution in [0, 0.1) is 5.41 Å². The minimum Gasteiger partial charge on any atom is -0.468 e. The highest BCUT2D eigenvalue weighted by Crippen LogP contribution is 2.36. The van der Waals surface area contributed by atoms with Gasteiger partial charge in [0.25, 0.3) is 0 Å². The number of nitrogens with zero attached hydrogens (tertiary/aromatic N) is 1. The number of rotatable bonds is 6. The van der Waals surface area contributed by atoms with Crippen molar-refractivity contribution in [3.05, 3.63) is 24.2 Å². The summed E-state index contributed by atoms with van der Waals surface area (Å²) in [5.41, 5.74) is 0.495. The van der Waals surface area contributed by atoms with Gasteiger partial charge in [-0.1, -0.05) is 6.92 Å². The molecule has 0 radical (unpaired) electrons. The van der Waals surface area contributed by atoms with Crippen molar-refractivity contribution in [1.29, 1.82) is 0 Å². The molecule has 18 heavy (non-hydrogen) atoms. The molecule has 2 aliphatic rings. The van der Waals surface area contributed by atoms with E-state index >= 15 is 0 Å². The lowest BCUT2D eigenvalue weighted by Crippen LogP contribution is -2.39. The molecule has 1 aliphatic heterocycles. The molecule has 0 bridgehead atoms. The Bertz CT molecular complexity index is 364. The fourth-order valence-electron chi connectivity index (χ4n) is 3.13. The Morgan fingerprint density at radius 2 is 2.39 bits per heavy atom. The van der Waals surface area contributed by atoms with Crippen LogP contribution in [0.5, 0.6) is 0 Å². The van der Waals surface area contributed by atoms with Gasteiger partial charge in [0.2, 0.25) is 0 Å². The minimum absolute atomic E-state index is 0.495. The van der Waals surface area contributed by atoms with Crippen LogP contribution in [-0.4, -0.2) is 30.6 Å². The van der Waals surface area contributed by atoms with E-state index in [9.17, 15) is 0 Å². The lowest BCUT2D eigenvalue weighted by Gasteiger charge is -2.34. The van der Waals surface area contributed by atoms with Crippen molar-refractivity contribution in [2.24, 2.45) is 5.41 Å². The molecule has 1 aromatic heterocycles. The van der Waals surface area contributed by atoms with Gasteiger partial charge in [0.05, 0.1) is 12.8 Å². The van der Waals surface area contributed by atoms with E-state index in [-0.39, 0.29) is 0 Å². The zero-order chi connectivity index (χ0) is 12.4. The average molecular weight is 248 g/mol. The molecule has 1 aliphatic carbocycles. The van der Waals surface area contributed by atoms with Crippen molar-refractivity contribution in [1.82, 2.24) is 10.2 Å². The molecule has 0 amide bonds. The van der Waals surface area contributed by atoms with Gasteiger partial charge in [-0.15, -0.1) is 0 Å². The van der Waals surface area contributed by atoms with Gasteiger partial charge in [0.15, 0.2) is 0 Å². The highest BCUT2D eigenvalue weighted by Gasteiger charge is 2.38. The highest BCUT2D eigenvalue weighted by molar-refractivity contribution is 5.01.